The molecule has 5 nitrogen and oxygen atoms in total. The molecule has 0 bridgehead atoms. The molecular weight excluding hydrogens is 331 g/mol. The summed E-state index contributed by atoms with van der Waals surface area (Å²) >= 11 is 0. The maximum Gasteiger partial charge on any atom is 0.275 e. The predicted octanol–water partition coefficient (Wildman–Crippen LogP) is 3.51. The highest BCUT2D eigenvalue weighted by molar-refractivity contribution is 5.42. The van der Waals surface area contributed by atoms with E-state index >= 15 is 0 Å². The molecule has 0 saturated carbocycles. The van der Waals surface area contributed by atoms with Gasteiger partial charge in [0.25, 0.3) is 5.56 Å². The molecular formula is C20H23FN4O. The Hall–Kier alpha value is -2.47. The fourth-order valence-corrected chi connectivity index (χ4v) is 3.76. The Morgan fingerprint density at radius 3 is 2.77 bits per heavy atom. The Labute approximate surface area is 151 Å². The van der Waals surface area contributed by atoms with Crippen LogP contribution in [0.15, 0.2) is 35.1 Å². The normalized spacial score (nSPS) is 18.5. The third-order valence-corrected chi connectivity index (χ3v) is 5.38. The minimum absolute atomic E-state index is 0.0420. The molecule has 0 spiro atoms. The van der Waals surface area contributed by atoms with Gasteiger partial charge in [-0.3, -0.25) is 14.8 Å². The minimum atomic E-state index is -0.212. The lowest BCUT2D eigenvalue weighted by molar-refractivity contribution is 0.137. The number of hydrogen-bond acceptors (Lipinski definition) is 3. The van der Waals surface area contributed by atoms with Crippen LogP contribution in [0.2, 0.25) is 0 Å². The monoisotopic (exact) mass is 354 g/mol. The van der Waals surface area contributed by atoms with Crippen LogP contribution in [0, 0.1) is 19.7 Å². The average molecular weight is 354 g/mol. The number of nitrogens with zero attached hydrogens (tertiary/aromatic N) is 3. The number of H-pyrrole nitrogens is 1. The van der Waals surface area contributed by atoms with Gasteiger partial charge < -0.3 is 0 Å². The Kier molecular flexibility index (Phi) is 4.36. The van der Waals surface area contributed by atoms with Gasteiger partial charge in [0, 0.05) is 23.9 Å². The minimum Gasteiger partial charge on any atom is -0.292 e. The number of aromatic nitrogens is 3. The molecule has 136 valence electrons. The van der Waals surface area contributed by atoms with Gasteiger partial charge in [-0.2, -0.15) is 0 Å². The standard InChI is InChI=1S/C20H23FN4O/c1-13-14(2)22-19-11-17(23-25(19)20(13)26)18-5-3-4-10-24(18)12-15-6-8-16(21)9-7-15/h6-9,11,18,23H,3-5,10,12H2,1-2H3/t18-/m0/s1. The van der Waals surface area contributed by atoms with E-state index in [1.165, 1.54) is 12.1 Å². The van der Waals surface area contributed by atoms with Crippen molar-refractivity contribution in [1.82, 2.24) is 19.5 Å². The molecule has 0 amide bonds. The Morgan fingerprint density at radius 1 is 1.23 bits per heavy atom. The second-order valence-corrected chi connectivity index (χ2v) is 7.14. The third-order valence-electron chi connectivity index (χ3n) is 5.38. The number of aryl methyl sites for hydroxylation is 1. The molecule has 1 aliphatic heterocycles. The first-order valence-electron chi connectivity index (χ1n) is 9.10. The average Bonchev–Trinajstić information content (AvgIpc) is 3.06. The van der Waals surface area contributed by atoms with Crippen LogP contribution >= 0.6 is 0 Å². The Bertz CT molecular complexity index is 989. The lowest BCUT2D eigenvalue weighted by atomic mass is 9.98. The van der Waals surface area contributed by atoms with Crippen molar-refractivity contribution < 1.29 is 4.39 Å². The molecule has 1 N–H and O–H groups in total. The Morgan fingerprint density at radius 2 is 2.00 bits per heavy atom. The molecule has 1 aliphatic rings. The number of aromatic amines is 1. The summed E-state index contributed by atoms with van der Waals surface area (Å²) < 4.78 is 14.7. The zero-order valence-electron chi connectivity index (χ0n) is 15.1. The molecule has 0 unspecified atom stereocenters. The molecule has 0 radical (unpaired) electrons. The molecule has 1 atom stereocenters. The molecule has 4 rings (SSSR count). The lowest BCUT2D eigenvalue weighted by Crippen LogP contribution is -2.33. The summed E-state index contributed by atoms with van der Waals surface area (Å²) in [6.07, 6.45) is 3.33. The van der Waals surface area contributed by atoms with Crippen LogP contribution in [0.4, 0.5) is 4.39 Å². The molecule has 1 saturated heterocycles. The van der Waals surface area contributed by atoms with Gasteiger partial charge in [0.05, 0.1) is 11.7 Å². The summed E-state index contributed by atoms with van der Waals surface area (Å²) in [4.78, 5) is 19.4. The first kappa shape index (κ1) is 17.0. The summed E-state index contributed by atoms with van der Waals surface area (Å²) in [6.45, 7) is 5.42. The van der Waals surface area contributed by atoms with E-state index in [1.54, 1.807) is 11.4 Å². The van der Waals surface area contributed by atoms with Gasteiger partial charge in [-0.15, -0.1) is 0 Å². The summed E-state index contributed by atoms with van der Waals surface area (Å²) in [5, 5.41) is 3.27. The third kappa shape index (κ3) is 3.05. The van der Waals surface area contributed by atoms with Gasteiger partial charge in [-0.05, 0) is 50.9 Å². The number of benzene rings is 1. The molecule has 1 aromatic carbocycles. The van der Waals surface area contributed by atoms with Crippen molar-refractivity contribution in [3.05, 3.63) is 69.0 Å². The van der Waals surface area contributed by atoms with Gasteiger partial charge in [0.15, 0.2) is 5.65 Å². The second kappa shape index (κ2) is 6.68. The molecule has 2 aromatic heterocycles. The highest BCUT2D eigenvalue weighted by atomic mass is 19.1. The number of fused-ring (bicyclic) bond motifs is 1. The van der Waals surface area contributed by atoms with E-state index in [1.807, 2.05) is 25.1 Å². The number of piperidine rings is 1. The van der Waals surface area contributed by atoms with Crippen molar-refractivity contribution in [2.24, 2.45) is 0 Å². The molecule has 3 heterocycles. The van der Waals surface area contributed by atoms with Gasteiger partial charge in [0.2, 0.25) is 0 Å². The highest BCUT2D eigenvalue weighted by Gasteiger charge is 2.26. The van der Waals surface area contributed by atoms with E-state index in [4.69, 9.17) is 0 Å². The Balaban J connectivity index is 1.67. The van der Waals surface area contributed by atoms with E-state index in [-0.39, 0.29) is 17.4 Å². The number of halogens is 1. The van der Waals surface area contributed by atoms with Gasteiger partial charge in [-0.1, -0.05) is 18.6 Å². The molecule has 26 heavy (non-hydrogen) atoms. The van der Waals surface area contributed by atoms with Crippen molar-refractivity contribution in [1.29, 1.82) is 0 Å². The summed E-state index contributed by atoms with van der Waals surface area (Å²) in [6, 6.07) is 8.88. The zero-order chi connectivity index (χ0) is 18.3. The first-order valence-corrected chi connectivity index (χ1v) is 9.10. The molecule has 6 heteroatoms. The van der Waals surface area contributed by atoms with E-state index in [9.17, 15) is 9.18 Å². The van der Waals surface area contributed by atoms with Gasteiger partial charge in [-0.25, -0.2) is 13.9 Å². The van der Waals surface area contributed by atoms with Crippen molar-refractivity contribution in [2.75, 3.05) is 6.54 Å². The maximum absolute atomic E-state index is 13.2. The highest BCUT2D eigenvalue weighted by Crippen LogP contribution is 2.31. The zero-order valence-corrected chi connectivity index (χ0v) is 15.1. The van der Waals surface area contributed by atoms with Crippen molar-refractivity contribution in [3.63, 3.8) is 0 Å². The number of nitrogens with one attached hydrogen (secondary N) is 1. The number of hydrogen-bond donors (Lipinski definition) is 1. The quantitative estimate of drug-likeness (QED) is 0.783. The number of rotatable bonds is 3. The van der Waals surface area contributed by atoms with Crippen molar-refractivity contribution in [3.8, 4) is 0 Å². The van der Waals surface area contributed by atoms with Crippen molar-refractivity contribution in [2.45, 2.75) is 45.7 Å². The van der Waals surface area contributed by atoms with E-state index < -0.39 is 0 Å². The smallest absolute Gasteiger partial charge is 0.275 e. The van der Waals surface area contributed by atoms with Crippen LogP contribution in [-0.4, -0.2) is 26.0 Å². The van der Waals surface area contributed by atoms with E-state index in [0.29, 0.717) is 11.2 Å². The van der Waals surface area contributed by atoms with Crippen molar-refractivity contribution >= 4 is 5.65 Å². The lowest BCUT2D eigenvalue weighted by Gasteiger charge is -2.35. The molecule has 3 aromatic rings. The van der Waals surface area contributed by atoms with Crippen LogP contribution in [0.25, 0.3) is 5.65 Å². The first-order chi connectivity index (χ1) is 12.5. The fourth-order valence-electron chi connectivity index (χ4n) is 3.76. The number of likely N-dealkylation sites (tertiary alicyclic amines) is 1. The van der Waals surface area contributed by atoms with Crippen LogP contribution in [-0.2, 0) is 6.54 Å². The van der Waals surface area contributed by atoms with Gasteiger partial charge in [0.1, 0.15) is 5.82 Å². The fraction of sp³-hybridized carbons (Fsp3) is 0.400. The van der Waals surface area contributed by atoms with E-state index in [2.05, 4.69) is 15.0 Å². The van der Waals surface area contributed by atoms with E-state index in [0.717, 1.165) is 49.3 Å². The van der Waals surface area contributed by atoms with Gasteiger partial charge >= 0.3 is 0 Å². The van der Waals surface area contributed by atoms with Crippen LogP contribution < -0.4 is 5.56 Å². The topological polar surface area (TPSA) is 53.4 Å². The molecule has 0 aliphatic carbocycles. The maximum atomic E-state index is 13.2. The second-order valence-electron chi connectivity index (χ2n) is 7.14. The largest absolute Gasteiger partial charge is 0.292 e. The van der Waals surface area contributed by atoms with Crippen LogP contribution in [0.5, 0.6) is 0 Å². The predicted molar refractivity (Wildman–Crippen MR) is 98.7 cm³/mol. The van der Waals surface area contributed by atoms with Crippen LogP contribution in [0.3, 0.4) is 0 Å². The summed E-state index contributed by atoms with van der Waals surface area (Å²) in [5.41, 5.74) is 4.17. The summed E-state index contributed by atoms with van der Waals surface area (Å²) in [7, 11) is 0. The summed E-state index contributed by atoms with van der Waals surface area (Å²) in [5.74, 6) is -0.212. The SMILES string of the molecule is Cc1nc2cc([C@@H]3CCCCN3Cc3ccc(F)cc3)[nH]n2c(=O)c1C. The molecule has 1 fully saturated rings. The van der Waals surface area contributed by atoms with Crippen LogP contribution in [0.1, 0.15) is 47.8 Å².